The van der Waals surface area contributed by atoms with Gasteiger partial charge in [-0.15, -0.1) is 0 Å². The van der Waals surface area contributed by atoms with E-state index in [-0.39, 0.29) is 17.9 Å². The van der Waals surface area contributed by atoms with Crippen molar-refractivity contribution in [2.45, 2.75) is 19.0 Å². The van der Waals surface area contributed by atoms with Crippen molar-refractivity contribution >= 4 is 23.0 Å². The minimum Gasteiger partial charge on any atom is -0.351 e. The summed E-state index contributed by atoms with van der Waals surface area (Å²) in [6.45, 7) is 2.07. The summed E-state index contributed by atoms with van der Waals surface area (Å²) in [5, 5.41) is 4.11. The number of nitrogens with zero attached hydrogens (tertiary/aromatic N) is 3. The number of nitrogens with one attached hydrogen (secondary N) is 1. The quantitative estimate of drug-likeness (QED) is 0.435. The van der Waals surface area contributed by atoms with Gasteiger partial charge < -0.3 is 14.8 Å². The summed E-state index contributed by atoms with van der Waals surface area (Å²) in [5.74, 6) is -0.269. The molecule has 0 aliphatic carbocycles. The third-order valence-electron chi connectivity index (χ3n) is 5.55. The van der Waals surface area contributed by atoms with E-state index in [1.165, 1.54) is 12.1 Å². The summed E-state index contributed by atoms with van der Waals surface area (Å²) in [6, 6.07) is 24.5. The Morgan fingerprint density at radius 1 is 0.935 bits per heavy atom. The van der Waals surface area contributed by atoms with Gasteiger partial charge in [0.1, 0.15) is 11.9 Å². The molecule has 0 saturated carbocycles. The molecule has 1 aliphatic rings. The molecule has 6 heteroatoms. The van der Waals surface area contributed by atoms with Crippen molar-refractivity contribution in [1.82, 2.24) is 14.9 Å². The Bertz CT molecular complexity index is 1240. The Labute approximate surface area is 186 Å². The summed E-state index contributed by atoms with van der Waals surface area (Å²) in [5.41, 5.74) is 4.82. The number of thiocarbonyl (C=S) groups is 1. The normalized spacial score (nSPS) is 18.3. The zero-order valence-electron chi connectivity index (χ0n) is 16.9. The predicted molar refractivity (Wildman–Crippen MR) is 125 cm³/mol. The summed E-state index contributed by atoms with van der Waals surface area (Å²) >= 11 is 5.79. The van der Waals surface area contributed by atoms with Crippen LogP contribution in [0.25, 0.3) is 5.69 Å². The Balaban J connectivity index is 1.68. The van der Waals surface area contributed by atoms with Crippen LogP contribution in [0.1, 0.15) is 29.0 Å². The van der Waals surface area contributed by atoms with Crippen LogP contribution in [0.15, 0.2) is 91.3 Å². The molecular formula is C25H21FN4S. The number of hydrogen-bond acceptors (Lipinski definition) is 2. The minimum absolute atomic E-state index is 0.156. The van der Waals surface area contributed by atoms with Crippen molar-refractivity contribution in [1.29, 1.82) is 0 Å². The molecule has 0 radical (unpaired) electrons. The number of benzene rings is 2. The molecule has 3 heterocycles. The number of aromatic nitrogens is 2. The maximum absolute atomic E-state index is 14.0. The van der Waals surface area contributed by atoms with Crippen molar-refractivity contribution in [3.63, 3.8) is 0 Å². The second kappa shape index (κ2) is 7.96. The van der Waals surface area contributed by atoms with Gasteiger partial charge in [0.15, 0.2) is 5.11 Å². The fourth-order valence-electron chi connectivity index (χ4n) is 4.21. The molecule has 4 nitrogen and oxygen atoms in total. The van der Waals surface area contributed by atoms with Gasteiger partial charge in [0.05, 0.1) is 11.7 Å². The molecule has 0 spiro atoms. The highest BCUT2D eigenvalue weighted by molar-refractivity contribution is 7.80. The Morgan fingerprint density at radius 3 is 2.55 bits per heavy atom. The first-order valence-electron chi connectivity index (χ1n) is 10.1. The molecule has 1 N–H and O–H groups in total. The summed E-state index contributed by atoms with van der Waals surface area (Å²) in [7, 11) is 0. The largest absolute Gasteiger partial charge is 0.351 e. The van der Waals surface area contributed by atoms with E-state index in [9.17, 15) is 4.39 Å². The number of hydrogen-bond donors (Lipinski definition) is 1. The van der Waals surface area contributed by atoms with E-state index >= 15 is 0 Å². The van der Waals surface area contributed by atoms with E-state index in [0.717, 1.165) is 28.3 Å². The Morgan fingerprint density at radius 2 is 1.77 bits per heavy atom. The van der Waals surface area contributed by atoms with Gasteiger partial charge in [-0.05, 0) is 79.3 Å². The molecule has 0 amide bonds. The van der Waals surface area contributed by atoms with Crippen molar-refractivity contribution in [2.75, 3.05) is 4.90 Å². The highest BCUT2D eigenvalue weighted by Gasteiger charge is 2.42. The van der Waals surface area contributed by atoms with E-state index in [1.54, 1.807) is 12.3 Å². The average molecular weight is 429 g/mol. The molecule has 2 atom stereocenters. The standard InChI is InChI=1S/C25H21FN4S/c1-17-7-4-10-20(15-17)30-24(23(28-25(30)31)21-11-2-3-13-27-21)22-12-6-14-29(22)19-9-5-8-18(26)16-19/h2-16,23-24H,1H3,(H,28,31)/t23-,24+/m0/s1. The third-order valence-corrected chi connectivity index (χ3v) is 5.86. The van der Waals surface area contributed by atoms with E-state index in [1.807, 2.05) is 47.2 Å². The number of rotatable bonds is 4. The predicted octanol–water partition coefficient (Wildman–Crippen LogP) is 5.50. The topological polar surface area (TPSA) is 33.1 Å². The van der Waals surface area contributed by atoms with Gasteiger partial charge in [-0.25, -0.2) is 4.39 Å². The summed E-state index contributed by atoms with van der Waals surface area (Å²) in [6.07, 6.45) is 3.74. The lowest BCUT2D eigenvalue weighted by atomic mass is 10.0. The third kappa shape index (κ3) is 3.59. The Kier molecular flexibility index (Phi) is 5.00. The lowest BCUT2D eigenvalue weighted by Gasteiger charge is -2.29. The van der Waals surface area contributed by atoms with Crippen LogP contribution < -0.4 is 10.2 Å². The lowest BCUT2D eigenvalue weighted by Crippen LogP contribution is -2.30. The van der Waals surface area contributed by atoms with Gasteiger partial charge in [-0.3, -0.25) is 4.98 Å². The van der Waals surface area contributed by atoms with Crippen LogP contribution in [0.4, 0.5) is 10.1 Å². The van der Waals surface area contributed by atoms with E-state index < -0.39 is 0 Å². The van der Waals surface area contributed by atoms with Gasteiger partial charge in [0.25, 0.3) is 0 Å². The minimum atomic E-state index is -0.269. The highest BCUT2D eigenvalue weighted by atomic mass is 32.1. The van der Waals surface area contributed by atoms with Gasteiger partial charge in [0.2, 0.25) is 0 Å². The number of pyridine rings is 1. The number of halogens is 1. The van der Waals surface area contributed by atoms with E-state index in [0.29, 0.717) is 5.11 Å². The zero-order chi connectivity index (χ0) is 21.4. The van der Waals surface area contributed by atoms with Gasteiger partial charge in [-0.2, -0.15) is 0 Å². The van der Waals surface area contributed by atoms with E-state index in [4.69, 9.17) is 12.2 Å². The van der Waals surface area contributed by atoms with Crippen molar-refractivity contribution in [3.05, 3.63) is 114 Å². The molecule has 2 aromatic carbocycles. The SMILES string of the molecule is Cc1cccc(N2C(=S)N[C@@H](c3ccccn3)[C@H]2c2cccn2-c2cccc(F)c2)c1. The van der Waals surface area contributed by atoms with Crippen LogP contribution in [0.2, 0.25) is 0 Å². The van der Waals surface area contributed by atoms with Crippen molar-refractivity contribution in [3.8, 4) is 5.69 Å². The monoisotopic (exact) mass is 428 g/mol. The molecule has 2 aromatic heterocycles. The molecule has 1 saturated heterocycles. The van der Waals surface area contributed by atoms with Gasteiger partial charge in [-0.1, -0.05) is 24.3 Å². The highest BCUT2D eigenvalue weighted by Crippen LogP contribution is 2.42. The van der Waals surface area contributed by atoms with Crippen LogP contribution in [0.5, 0.6) is 0 Å². The second-order valence-corrected chi connectivity index (χ2v) is 8.01. The fraction of sp³-hybridized carbons (Fsp3) is 0.120. The maximum Gasteiger partial charge on any atom is 0.174 e. The molecular weight excluding hydrogens is 407 g/mol. The van der Waals surface area contributed by atoms with Crippen LogP contribution >= 0.6 is 12.2 Å². The summed E-state index contributed by atoms with van der Waals surface area (Å²) < 4.78 is 16.0. The van der Waals surface area contributed by atoms with Crippen LogP contribution in [-0.4, -0.2) is 14.7 Å². The maximum atomic E-state index is 14.0. The van der Waals surface area contributed by atoms with Crippen LogP contribution in [0, 0.1) is 12.7 Å². The number of anilines is 1. The van der Waals surface area contributed by atoms with Crippen molar-refractivity contribution in [2.24, 2.45) is 0 Å². The molecule has 5 rings (SSSR count). The smallest absolute Gasteiger partial charge is 0.174 e. The first-order chi connectivity index (χ1) is 15.1. The zero-order valence-corrected chi connectivity index (χ0v) is 17.8. The second-order valence-electron chi connectivity index (χ2n) is 7.62. The molecule has 154 valence electrons. The van der Waals surface area contributed by atoms with Crippen molar-refractivity contribution < 1.29 is 4.39 Å². The number of aryl methyl sites for hydroxylation is 1. The summed E-state index contributed by atoms with van der Waals surface area (Å²) in [4.78, 5) is 6.73. The van der Waals surface area contributed by atoms with Gasteiger partial charge >= 0.3 is 0 Å². The van der Waals surface area contributed by atoms with Gasteiger partial charge in [0, 0.05) is 29.5 Å². The Hall–Kier alpha value is -3.51. The molecule has 1 aliphatic heterocycles. The molecule has 0 bridgehead atoms. The lowest BCUT2D eigenvalue weighted by molar-refractivity contribution is 0.549. The molecule has 4 aromatic rings. The molecule has 31 heavy (non-hydrogen) atoms. The van der Waals surface area contributed by atoms with E-state index in [2.05, 4.69) is 46.4 Å². The molecule has 1 fully saturated rings. The molecule has 0 unspecified atom stereocenters. The average Bonchev–Trinajstić information content (AvgIpc) is 3.38. The first-order valence-corrected chi connectivity index (χ1v) is 10.5. The van der Waals surface area contributed by atoms with Crippen LogP contribution in [0.3, 0.4) is 0 Å². The van der Waals surface area contributed by atoms with Crippen LogP contribution in [-0.2, 0) is 0 Å². The first kappa shape index (κ1) is 19.5. The fourth-order valence-corrected chi connectivity index (χ4v) is 4.55.